The van der Waals surface area contributed by atoms with Crippen molar-refractivity contribution in [1.82, 2.24) is 10.0 Å². The van der Waals surface area contributed by atoms with Crippen LogP contribution in [0.1, 0.15) is 24.0 Å². The summed E-state index contributed by atoms with van der Waals surface area (Å²) in [5.74, 6) is -1.01. The van der Waals surface area contributed by atoms with Gasteiger partial charge in [0.1, 0.15) is 0 Å². The van der Waals surface area contributed by atoms with Crippen molar-refractivity contribution < 1.29 is 13.2 Å². The van der Waals surface area contributed by atoms with E-state index in [1.165, 1.54) is 6.92 Å². The molecule has 0 aromatic heterocycles. The van der Waals surface area contributed by atoms with Crippen LogP contribution in [0.25, 0.3) is 0 Å². The van der Waals surface area contributed by atoms with Gasteiger partial charge in [-0.3, -0.25) is 9.52 Å². The molecule has 1 heterocycles. The minimum atomic E-state index is -3.50. The van der Waals surface area contributed by atoms with E-state index in [-0.39, 0.29) is 5.75 Å². The lowest BCUT2D eigenvalue weighted by Crippen LogP contribution is -2.41. The second-order valence-corrected chi connectivity index (χ2v) is 6.26. The van der Waals surface area contributed by atoms with Crippen LogP contribution in [-0.2, 0) is 21.4 Å². The van der Waals surface area contributed by atoms with Crippen LogP contribution in [0.4, 0.5) is 0 Å². The summed E-state index contributed by atoms with van der Waals surface area (Å²) in [6, 6.07) is 7.58. The summed E-state index contributed by atoms with van der Waals surface area (Å²) >= 11 is 0. The van der Waals surface area contributed by atoms with Crippen LogP contribution in [0.2, 0.25) is 0 Å². The Hall–Kier alpha value is -1.40. The summed E-state index contributed by atoms with van der Waals surface area (Å²) in [7, 11) is -3.50. The van der Waals surface area contributed by atoms with Crippen molar-refractivity contribution in [2.24, 2.45) is 0 Å². The van der Waals surface area contributed by atoms with Gasteiger partial charge in [-0.25, -0.2) is 8.42 Å². The highest BCUT2D eigenvalue weighted by Gasteiger charge is 2.28. The van der Waals surface area contributed by atoms with Crippen molar-refractivity contribution in [1.29, 1.82) is 0 Å². The first-order chi connectivity index (χ1) is 8.53. The third-order valence-electron chi connectivity index (χ3n) is 3.05. The average molecular weight is 268 g/mol. The maximum atomic E-state index is 12.0. The Bertz CT molecular complexity index is 554. The lowest BCUT2D eigenvalue weighted by Gasteiger charge is -2.25. The number of carbonyl (C=O) groups is 1. The van der Waals surface area contributed by atoms with Gasteiger partial charge in [-0.2, -0.15) is 0 Å². The summed E-state index contributed by atoms with van der Waals surface area (Å²) in [6.07, 6.45) is 0. The normalized spacial score (nSPS) is 19.1. The Labute approximate surface area is 107 Å². The zero-order chi connectivity index (χ0) is 13.2. The molecule has 0 saturated carbocycles. The SMILES string of the molecule is CCS(=O)(=O)NC(=O)C1CNCc2ccccc21. The van der Waals surface area contributed by atoms with Crippen molar-refractivity contribution in [3.05, 3.63) is 35.4 Å². The Kier molecular flexibility index (Phi) is 3.68. The number of fused-ring (bicyclic) bond motifs is 1. The number of nitrogens with one attached hydrogen (secondary N) is 2. The van der Waals surface area contributed by atoms with Crippen molar-refractivity contribution in [2.75, 3.05) is 12.3 Å². The number of hydrogen-bond acceptors (Lipinski definition) is 4. The van der Waals surface area contributed by atoms with Gasteiger partial charge in [0, 0.05) is 13.1 Å². The fourth-order valence-corrected chi connectivity index (χ4v) is 2.62. The molecule has 0 bridgehead atoms. The summed E-state index contributed by atoms with van der Waals surface area (Å²) in [5, 5.41) is 3.12. The molecule has 0 aliphatic carbocycles. The molecule has 1 amide bonds. The second-order valence-electron chi connectivity index (χ2n) is 4.25. The lowest BCUT2D eigenvalue weighted by atomic mass is 9.90. The molecule has 6 heteroatoms. The molecule has 18 heavy (non-hydrogen) atoms. The van der Waals surface area contributed by atoms with E-state index in [1.54, 1.807) is 0 Å². The maximum Gasteiger partial charge on any atom is 0.242 e. The van der Waals surface area contributed by atoms with Crippen molar-refractivity contribution in [3.8, 4) is 0 Å². The third kappa shape index (κ3) is 2.70. The van der Waals surface area contributed by atoms with Gasteiger partial charge in [-0.05, 0) is 18.1 Å². The minimum absolute atomic E-state index is 0.0967. The predicted octanol–water partition coefficient (Wildman–Crippen LogP) is 0.339. The zero-order valence-electron chi connectivity index (χ0n) is 10.1. The van der Waals surface area contributed by atoms with E-state index in [2.05, 4.69) is 10.0 Å². The number of hydrogen-bond donors (Lipinski definition) is 2. The predicted molar refractivity (Wildman–Crippen MR) is 68.5 cm³/mol. The van der Waals surface area contributed by atoms with E-state index >= 15 is 0 Å². The lowest BCUT2D eigenvalue weighted by molar-refractivity contribution is -0.120. The molecule has 0 spiro atoms. The summed E-state index contributed by atoms with van der Waals surface area (Å²) in [5.41, 5.74) is 1.94. The van der Waals surface area contributed by atoms with Gasteiger partial charge in [-0.1, -0.05) is 24.3 Å². The number of sulfonamides is 1. The van der Waals surface area contributed by atoms with E-state index in [4.69, 9.17) is 0 Å². The van der Waals surface area contributed by atoms with Gasteiger partial charge >= 0.3 is 0 Å². The quantitative estimate of drug-likeness (QED) is 0.829. The van der Waals surface area contributed by atoms with Crippen LogP contribution >= 0.6 is 0 Å². The van der Waals surface area contributed by atoms with Crippen molar-refractivity contribution >= 4 is 15.9 Å². The number of amides is 1. The molecular formula is C12H16N2O3S. The highest BCUT2D eigenvalue weighted by atomic mass is 32.2. The first kappa shape index (κ1) is 13.0. The largest absolute Gasteiger partial charge is 0.312 e. The van der Waals surface area contributed by atoms with E-state index in [0.717, 1.165) is 11.1 Å². The molecule has 98 valence electrons. The molecule has 0 fully saturated rings. The van der Waals surface area contributed by atoms with Gasteiger partial charge in [0.05, 0.1) is 11.7 Å². The average Bonchev–Trinajstić information content (AvgIpc) is 2.37. The Morgan fingerprint density at radius 2 is 2.17 bits per heavy atom. The standard InChI is InChI=1S/C12H16N2O3S/c1-2-18(16,17)14-12(15)11-8-13-7-9-5-3-4-6-10(9)11/h3-6,11,13H,2,7-8H2,1H3,(H,14,15). The molecular weight excluding hydrogens is 252 g/mol. The van der Waals surface area contributed by atoms with Crippen LogP contribution in [-0.4, -0.2) is 26.6 Å². The second kappa shape index (κ2) is 5.07. The van der Waals surface area contributed by atoms with Gasteiger partial charge in [-0.15, -0.1) is 0 Å². The molecule has 2 rings (SSSR count). The molecule has 0 saturated heterocycles. The smallest absolute Gasteiger partial charge is 0.242 e. The molecule has 1 aromatic carbocycles. The summed E-state index contributed by atoms with van der Waals surface area (Å²) in [6.45, 7) is 2.67. The van der Waals surface area contributed by atoms with Gasteiger partial charge in [0.2, 0.25) is 15.9 Å². The van der Waals surface area contributed by atoms with Gasteiger partial charge < -0.3 is 5.32 Å². The third-order valence-corrected chi connectivity index (χ3v) is 4.32. The number of rotatable bonds is 3. The van der Waals surface area contributed by atoms with Crippen LogP contribution in [0.3, 0.4) is 0 Å². The molecule has 5 nitrogen and oxygen atoms in total. The van der Waals surface area contributed by atoms with Gasteiger partial charge in [0.15, 0.2) is 0 Å². The maximum absolute atomic E-state index is 12.0. The van der Waals surface area contributed by atoms with Crippen LogP contribution in [0.15, 0.2) is 24.3 Å². The first-order valence-corrected chi connectivity index (χ1v) is 7.51. The monoisotopic (exact) mass is 268 g/mol. The van der Waals surface area contributed by atoms with Crippen molar-refractivity contribution in [2.45, 2.75) is 19.4 Å². The molecule has 0 radical (unpaired) electrons. The van der Waals surface area contributed by atoms with E-state index in [9.17, 15) is 13.2 Å². The van der Waals surface area contributed by atoms with E-state index < -0.39 is 21.8 Å². The first-order valence-electron chi connectivity index (χ1n) is 5.86. The fraction of sp³-hybridized carbons (Fsp3) is 0.417. The molecule has 1 atom stereocenters. The summed E-state index contributed by atoms with van der Waals surface area (Å²) in [4.78, 5) is 12.0. The molecule has 1 unspecified atom stereocenters. The van der Waals surface area contributed by atoms with Gasteiger partial charge in [0.25, 0.3) is 0 Å². The number of carbonyl (C=O) groups excluding carboxylic acids is 1. The molecule has 1 aliphatic rings. The Morgan fingerprint density at radius 3 is 2.89 bits per heavy atom. The van der Waals surface area contributed by atoms with Crippen LogP contribution in [0.5, 0.6) is 0 Å². The van der Waals surface area contributed by atoms with E-state index in [1.807, 2.05) is 24.3 Å². The van der Waals surface area contributed by atoms with E-state index in [0.29, 0.717) is 13.1 Å². The highest BCUT2D eigenvalue weighted by molar-refractivity contribution is 7.90. The fourth-order valence-electron chi connectivity index (χ4n) is 2.03. The Morgan fingerprint density at radius 1 is 1.44 bits per heavy atom. The topological polar surface area (TPSA) is 75.3 Å². The molecule has 1 aromatic rings. The van der Waals surface area contributed by atoms with Crippen LogP contribution < -0.4 is 10.0 Å². The highest BCUT2D eigenvalue weighted by Crippen LogP contribution is 2.23. The van der Waals surface area contributed by atoms with Crippen molar-refractivity contribution in [3.63, 3.8) is 0 Å². The van der Waals surface area contributed by atoms with Crippen LogP contribution in [0, 0.1) is 0 Å². The number of benzene rings is 1. The minimum Gasteiger partial charge on any atom is -0.312 e. The summed E-state index contributed by atoms with van der Waals surface area (Å²) < 4.78 is 24.9. The molecule has 1 aliphatic heterocycles. The molecule has 2 N–H and O–H groups in total. The Balaban J connectivity index is 2.23. The zero-order valence-corrected chi connectivity index (χ0v) is 11.0.